The van der Waals surface area contributed by atoms with Gasteiger partial charge in [0.25, 0.3) is 0 Å². The Morgan fingerprint density at radius 1 is 0.541 bits per heavy atom. The molecule has 1 nitrogen and oxygen atoms in total. The topological polar surface area (TPSA) is 3.24 Å². The van der Waals surface area contributed by atoms with E-state index in [1.807, 2.05) is 0 Å². The molecule has 4 aromatic rings. The van der Waals surface area contributed by atoms with E-state index < -0.39 is 0 Å². The van der Waals surface area contributed by atoms with Gasteiger partial charge >= 0.3 is 0 Å². The zero-order valence-corrected chi connectivity index (χ0v) is 21.7. The Hall–Kier alpha value is -3.84. The minimum absolute atomic E-state index is 1.03. The highest BCUT2D eigenvalue weighted by atomic mass is 15.1. The number of rotatable bonds is 1. The van der Waals surface area contributed by atoms with Gasteiger partial charge in [0, 0.05) is 24.9 Å². The molecule has 4 aromatic carbocycles. The Morgan fingerprint density at radius 3 is 1.65 bits per heavy atom. The van der Waals surface area contributed by atoms with E-state index in [0.717, 1.165) is 38.5 Å². The number of hydrogen-bond acceptors (Lipinski definition) is 1. The Kier molecular flexibility index (Phi) is 4.50. The molecule has 0 unspecified atom stereocenters. The van der Waals surface area contributed by atoms with Crippen molar-refractivity contribution in [3.63, 3.8) is 0 Å². The van der Waals surface area contributed by atoms with Gasteiger partial charge in [0.2, 0.25) is 0 Å². The second-order valence-electron chi connectivity index (χ2n) is 11.5. The highest BCUT2D eigenvalue weighted by molar-refractivity contribution is 5.79. The summed E-state index contributed by atoms with van der Waals surface area (Å²) in [6.45, 7) is 2.33. The Labute approximate surface area is 219 Å². The predicted octanol–water partition coefficient (Wildman–Crippen LogP) is 7.58. The molecule has 180 valence electrons. The molecule has 3 aliphatic carbocycles. The van der Waals surface area contributed by atoms with Crippen LogP contribution in [0.1, 0.15) is 68.1 Å². The molecule has 0 bridgehead atoms. The molecule has 4 aliphatic rings. The zero-order chi connectivity index (χ0) is 24.7. The number of anilines is 1. The SMILES string of the molecule is CC1=C(C=C2Cc3cc4c(cc3N2C)Cc2ccccc2C4)Cc2cc3c(cc21)Cc1ccccc1C3. The van der Waals surface area contributed by atoms with Crippen LogP contribution in [-0.2, 0) is 38.5 Å². The molecule has 1 heteroatoms. The molecule has 1 aliphatic heterocycles. The first-order chi connectivity index (χ1) is 18.1. The van der Waals surface area contributed by atoms with E-state index in [2.05, 4.69) is 97.7 Å². The van der Waals surface area contributed by atoms with Crippen molar-refractivity contribution >= 4 is 11.3 Å². The van der Waals surface area contributed by atoms with Crippen molar-refractivity contribution in [1.29, 1.82) is 0 Å². The van der Waals surface area contributed by atoms with Crippen LogP contribution in [0.5, 0.6) is 0 Å². The molecule has 37 heavy (non-hydrogen) atoms. The molecule has 0 amide bonds. The summed E-state index contributed by atoms with van der Waals surface area (Å²) in [5.41, 5.74) is 22.3. The van der Waals surface area contributed by atoms with Gasteiger partial charge < -0.3 is 4.90 Å². The first kappa shape index (κ1) is 21.3. The Bertz CT molecular complexity index is 1700. The summed E-state index contributed by atoms with van der Waals surface area (Å²) in [7, 11) is 2.26. The normalized spacial score (nSPS) is 17.8. The smallest absolute Gasteiger partial charge is 0.0445 e. The minimum atomic E-state index is 1.03. The van der Waals surface area contributed by atoms with Gasteiger partial charge in [0.15, 0.2) is 0 Å². The molecule has 0 radical (unpaired) electrons. The van der Waals surface area contributed by atoms with Crippen LogP contribution in [0.4, 0.5) is 5.69 Å². The third-order valence-electron chi connectivity index (χ3n) is 9.36. The van der Waals surface area contributed by atoms with E-state index in [9.17, 15) is 0 Å². The van der Waals surface area contributed by atoms with Gasteiger partial charge in [0.05, 0.1) is 0 Å². The van der Waals surface area contributed by atoms with Crippen LogP contribution in [0.2, 0.25) is 0 Å². The summed E-state index contributed by atoms with van der Waals surface area (Å²) in [6.07, 6.45) is 8.83. The molecular formula is C36H31N. The van der Waals surface area contributed by atoms with Crippen LogP contribution in [0.25, 0.3) is 5.57 Å². The molecule has 0 aromatic heterocycles. The highest BCUT2D eigenvalue weighted by Gasteiger charge is 2.27. The molecule has 0 atom stereocenters. The number of nitrogens with zero attached hydrogens (tertiary/aromatic N) is 1. The second-order valence-corrected chi connectivity index (χ2v) is 11.5. The summed E-state index contributed by atoms with van der Waals surface area (Å²) in [5.74, 6) is 0. The van der Waals surface area contributed by atoms with E-state index >= 15 is 0 Å². The standard InChI is InChI=1S/C36H31N/c1-22-27(15-32-16-28-11-23-7-3-5-9-25(23)13-30(28)20-35(22)32)18-34-19-33-17-29-12-24-8-4-6-10-26(24)14-31(29)21-36(33)37(34)2/h3-10,16-18,20-21H,11-15,19H2,1-2H3. The minimum Gasteiger partial charge on any atom is -0.348 e. The molecule has 0 N–H and O–H groups in total. The van der Waals surface area contributed by atoms with Gasteiger partial charge in [0.1, 0.15) is 0 Å². The number of benzene rings is 4. The van der Waals surface area contributed by atoms with Crippen LogP contribution in [-0.4, -0.2) is 7.05 Å². The summed E-state index contributed by atoms with van der Waals surface area (Å²) in [4.78, 5) is 2.45. The van der Waals surface area contributed by atoms with Gasteiger partial charge in [-0.05, 0) is 124 Å². The molecule has 0 fully saturated rings. The van der Waals surface area contributed by atoms with E-state index in [0.29, 0.717) is 0 Å². The average molecular weight is 478 g/mol. The van der Waals surface area contributed by atoms with Crippen LogP contribution < -0.4 is 4.90 Å². The third-order valence-corrected chi connectivity index (χ3v) is 9.36. The predicted molar refractivity (Wildman–Crippen MR) is 153 cm³/mol. The van der Waals surface area contributed by atoms with Crippen LogP contribution in [0.15, 0.2) is 90.1 Å². The van der Waals surface area contributed by atoms with Crippen LogP contribution in [0, 0.1) is 0 Å². The van der Waals surface area contributed by atoms with E-state index in [4.69, 9.17) is 0 Å². The fourth-order valence-electron chi connectivity index (χ4n) is 7.19. The maximum atomic E-state index is 2.51. The first-order valence-electron chi connectivity index (χ1n) is 13.7. The number of fused-ring (bicyclic) bond motifs is 6. The van der Waals surface area contributed by atoms with Crippen molar-refractivity contribution in [3.8, 4) is 0 Å². The first-order valence-corrected chi connectivity index (χ1v) is 13.7. The van der Waals surface area contributed by atoms with Gasteiger partial charge in [-0.2, -0.15) is 0 Å². The van der Waals surface area contributed by atoms with Crippen molar-refractivity contribution < 1.29 is 0 Å². The lowest BCUT2D eigenvalue weighted by Crippen LogP contribution is -2.13. The number of likely N-dealkylation sites (N-methyl/N-ethyl adjacent to an activating group) is 1. The van der Waals surface area contributed by atoms with Crippen molar-refractivity contribution in [3.05, 3.63) is 151 Å². The molecule has 0 saturated carbocycles. The zero-order valence-electron chi connectivity index (χ0n) is 21.7. The highest BCUT2D eigenvalue weighted by Crippen LogP contribution is 2.42. The van der Waals surface area contributed by atoms with Crippen molar-refractivity contribution in [1.82, 2.24) is 0 Å². The average Bonchev–Trinajstić information content (AvgIpc) is 3.38. The number of hydrogen-bond donors (Lipinski definition) is 0. The molecule has 0 saturated heterocycles. The maximum Gasteiger partial charge on any atom is 0.0445 e. The van der Waals surface area contributed by atoms with E-state index in [1.165, 1.54) is 83.7 Å². The van der Waals surface area contributed by atoms with Gasteiger partial charge in [-0.1, -0.05) is 66.7 Å². The van der Waals surface area contributed by atoms with Crippen LogP contribution in [0.3, 0.4) is 0 Å². The largest absolute Gasteiger partial charge is 0.348 e. The summed E-state index contributed by atoms with van der Waals surface area (Å²) < 4.78 is 0. The molecule has 8 rings (SSSR count). The maximum absolute atomic E-state index is 2.51. The monoisotopic (exact) mass is 477 g/mol. The second kappa shape index (κ2) is 7.83. The molecular weight excluding hydrogens is 446 g/mol. The quantitative estimate of drug-likeness (QED) is 0.236. The van der Waals surface area contributed by atoms with E-state index in [-0.39, 0.29) is 0 Å². The van der Waals surface area contributed by atoms with Gasteiger partial charge in [-0.25, -0.2) is 0 Å². The van der Waals surface area contributed by atoms with Crippen molar-refractivity contribution in [2.75, 3.05) is 11.9 Å². The fraction of sp³-hybridized carbons (Fsp3) is 0.222. The lowest BCUT2D eigenvalue weighted by Gasteiger charge is -2.22. The molecule has 1 heterocycles. The third kappa shape index (κ3) is 3.30. The van der Waals surface area contributed by atoms with Gasteiger partial charge in [-0.15, -0.1) is 0 Å². The lowest BCUT2D eigenvalue weighted by molar-refractivity contribution is 0.992. The van der Waals surface area contributed by atoms with Gasteiger partial charge in [-0.3, -0.25) is 0 Å². The summed E-state index contributed by atoms with van der Waals surface area (Å²) >= 11 is 0. The molecule has 0 spiro atoms. The van der Waals surface area contributed by atoms with Crippen molar-refractivity contribution in [2.24, 2.45) is 0 Å². The summed E-state index contributed by atoms with van der Waals surface area (Å²) in [6, 6.07) is 27.9. The number of allylic oxidation sites excluding steroid dienone is 4. The van der Waals surface area contributed by atoms with E-state index in [1.54, 1.807) is 0 Å². The summed E-state index contributed by atoms with van der Waals surface area (Å²) in [5, 5.41) is 0. The van der Waals surface area contributed by atoms with Crippen molar-refractivity contribution in [2.45, 2.75) is 45.4 Å². The Balaban J connectivity index is 1.10. The fourth-order valence-corrected chi connectivity index (χ4v) is 7.19. The van der Waals surface area contributed by atoms with Crippen LogP contribution >= 0.6 is 0 Å². The Morgan fingerprint density at radius 2 is 1.05 bits per heavy atom. The lowest BCUT2D eigenvalue weighted by atomic mass is 9.84.